The monoisotopic (exact) mass is 448 g/mol. The van der Waals surface area contributed by atoms with Crippen LogP contribution in [0.3, 0.4) is 0 Å². The summed E-state index contributed by atoms with van der Waals surface area (Å²) >= 11 is 1.47. The van der Waals surface area contributed by atoms with Gasteiger partial charge in [-0.25, -0.2) is 4.98 Å². The number of imidazole rings is 1. The lowest BCUT2D eigenvalue weighted by Crippen LogP contribution is -2.09. The first kappa shape index (κ1) is 19.5. The summed E-state index contributed by atoms with van der Waals surface area (Å²) in [6, 6.07) is 22.9. The number of ketones is 2. The molecule has 0 saturated carbocycles. The minimum absolute atomic E-state index is 0.0312. The Morgan fingerprint density at radius 3 is 2.09 bits per heavy atom. The van der Waals surface area contributed by atoms with Crippen LogP contribution in [0.15, 0.2) is 78.4 Å². The number of aromatic nitrogens is 2. The van der Waals surface area contributed by atoms with E-state index < -0.39 is 0 Å². The van der Waals surface area contributed by atoms with Crippen LogP contribution in [-0.4, -0.2) is 27.0 Å². The number of hydrogen-bond donors (Lipinski definition) is 0. The predicted octanol–water partition coefficient (Wildman–Crippen LogP) is 6.04. The molecule has 0 aliphatic heterocycles. The van der Waals surface area contributed by atoms with Crippen molar-refractivity contribution >= 4 is 56.0 Å². The van der Waals surface area contributed by atoms with E-state index in [0.717, 1.165) is 21.2 Å². The Balaban J connectivity index is 1.48. The maximum Gasteiger partial charge on any atom is 0.229 e. The minimum Gasteiger partial charge on any atom is -0.288 e. The van der Waals surface area contributed by atoms with Crippen molar-refractivity contribution in [3.63, 3.8) is 0 Å². The SMILES string of the molecule is CC(=O)n1c(C=C2C(=O)c3cc4ccccc4cc3C2=O)nc2sc(-c3ccccc3)cc21. The molecule has 0 saturated heterocycles. The Hall–Kier alpha value is -4.16. The second-order valence-corrected chi connectivity index (χ2v) is 8.98. The number of nitrogens with zero attached hydrogens (tertiary/aromatic N) is 2. The molecule has 158 valence electrons. The third-order valence-corrected chi connectivity index (χ3v) is 6.96. The maximum absolute atomic E-state index is 13.1. The van der Waals surface area contributed by atoms with Gasteiger partial charge in [-0.3, -0.25) is 19.0 Å². The highest BCUT2D eigenvalue weighted by Gasteiger charge is 2.34. The lowest BCUT2D eigenvalue weighted by atomic mass is 10.0. The standard InChI is InChI=1S/C27H16N2O3S/c1-15(30)29-22-14-23(16-7-3-2-4-8-16)33-27(22)28-24(29)13-21-25(31)19-11-17-9-5-6-10-18(17)12-20(19)26(21)32/h2-14H,1H3. The molecule has 5 nitrogen and oxygen atoms in total. The molecule has 6 heteroatoms. The van der Waals surface area contributed by atoms with Gasteiger partial charge in [0.25, 0.3) is 0 Å². The zero-order valence-electron chi connectivity index (χ0n) is 17.5. The molecular weight excluding hydrogens is 432 g/mol. The quantitative estimate of drug-likeness (QED) is 0.244. The first-order chi connectivity index (χ1) is 16.0. The minimum atomic E-state index is -0.341. The van der Waals surface area contributed by atoms with Crippen LogP contribution in [0.1, 0.15) is 38.3 Å². The van der Waals surface area contributed by atoms with Crippen LogP contribution < -0.4 is 0 Å². The molecule has 0 unspecified atom stereocenters. The summed E-state index contributed by atoms with van der Waals surface area (Å²) in [5.41, 5.74) is 2.51. The van der Waals surface area contributed by atoms with Crippen LogP contribution in [0.2, 0.25) is 0 Å². The Morgan fingerprint density at radius 2 is 1.48 bits per heavy atom. The Morgan fingerprint density at radius 1 is 0.879 bits per heavy atom. The molecular formula is C27H16N2O3S. The average Bonchev–Trinajstić information content (AvgIpc) is 3.44. The van der Waals surface area contributed by atoms with Gasteiger partial charge in [-0.1, -0.05) is 54.6 Å². The van der Waals surface area contributed by atoms with Crippen molar-refractivity contribution in [1.82, 2.24) is 9.55 Å². The number of thiophene rings is 1. The fraction of sp³-hybridized carbons (Fsp3) is 0.0370. The van der Waals surface area contributed by atoms with E-state index in [1.165, 1.54) is 28.9 Å². The number of carbonyl (C=O) groups is 3. The van der Waals surface area contributed by atoms with E-state index in [4.69, 9.17) is 0 Å². The number of fused-ring (bicyclic) bond motifs is 3. The van der Waals surface area contributed by atoms with Gasteiger partial charge in [-0.2, -0.15) is 0 Å². The van der Waals surface area contributed by atoms with E-state index >= 15 is 0 Å². The molecule has 0 bridgehead atoms. The molecule has 0 radical (unpaired) electrons. The molecule has 2 aromatic heterocycles. The second-order valence-electron chi connectivity index (χ2n) is 7.95. The summed E-state index contributed by atoms with van der Waals surface area (Å²) < 4.78 is 1.46. The summed E-state index contributed by atoms with van der Waals surface area (Å²) in [7, 11) is 0. The Labute approximate surface area is 192 Å². The summed E-state index contributed by atoms with van der Waals surface area (Å²) in [5.74, 6) is -0.625. The normalized spacial score (nSPS) is 13.2. The van der Waals surface area contributed by atoms with Gasteiger partial charge in [0, 0.05) is 22.9 Å². The highest BCUT2D eigenvalue weighted by Crippen LogP contribution is 2.36. The van der Waals surface area contributed by atoms with Gasteiger partial charge in [0.15, 0.2) is 11.6 Å². The van der Waals surface area contributed by atoms with Gasteiger partial charge >= 0.3 is 0 Å². The molecule has 6 rings (SSSR count). The molecule has 0 atom stereocenters. The number of benzene rings is 3. The third-order valence-electron chi connectivity index (χ3n) is 5.89. The molecule has 2 heterocycles. The van der Waals surface area contributed by atoms with E-state index in [9.17, 15) is 14.4 Å². The lowest BCUT2D eigenvalue weighted by molar-refractivity contribution is 0.0936. The van der Waals surface area contributed by atoms with E-state index in [1.54, 1.807) is 12.1 Å². The predicted molar refractivity (Wildman–Crippen MR) is 130 cm³/mol. The smallest absolute Gasteiger partial charge is 0.229 e. The lowest BCUT2D eigenvalue weighted by Gasteiger charge is -2.01. The molecule has 0 spiro atoms. The van der Waals surface area contributed by atoms with E-state index in [1.807, 2.05) is 60.7 Å². The molecule has 0 N–H and O–H groups in total. The number of hydrogen-bond acceptors (Lipinski definition) is 5. The fourth-order valence-corrected chi connectivity index (χ4v) is 5.36. The molecule has 3 aromatic carbocycles. The number of allylic oxidation sites excluding steroid dienone is 1. The first-order valence-electron chi connectivity index (χ1n) is 10.4. The van der Waals surface area contributed by atoms with Crippen LogP contribution in [0, 0.1) is 0 Å². The zero-order chi connectivity index (χ0) is 22.7. The highest BCUT2D eigenvalue weighted by molar-refractivity contribution is 7.21. The summed E-state index contributed by atoms with van der Waals surface area (Å²) in [4.78, 5) is 45.1. The molecule has 5 aromatic rings. The van der Waals surface area contributed by atoms with Gasteiger partial charge in [-0.15, -0.1) is 11.3 Å². The van der Waals surface area contributed by atoms with E-state index in [-0.39, 0.29) is 28.9 Å². The van der Waals surface area contributed by atoms with Crippen molar-refractivity contribution in [3.05, 3.63) is 95.3 Å². The molecule has 1 aliphatic carbocycles. The largest absolute Gasteiger partial charge is 0.288 e. The van der Waals surface area contributed by atoms with Crippen molar-refractivity contribution in [3.8, 4) is 10.4 Å². The van der Waals surface area contributed by atoms with Crippen LogP contribution in [0.5, 0.6) is 0 Å². The van der Waals surface area contributed by atoms with Crippen molar-refractivity contribution in [1.29, 1.82) is 0 Å². The fourth-order valence-electron chi connectivity index (χ4n) is 4.33. The van der Waals surface area contributed by atoms with Gasteiger partial charge in [0.1, 0.15) is 10.7 Å². The van der Waals surface area contributed by atoms with Crippen molar-refractivity contribution < 1.29 is 14.4 Å². The van der Waals surface area contributed by atoms with Gasteiger partial charge < -0.3 is 0 Å². The van der Waals surface area contributed by atoms with E-state index in [2.05, 4.69) is 4.98 Å². The average molecular weight is 449 g/mol. The second kappa shape index (κ2) is 7.18. The van der Waals surface area contributed by atoms with Crippen LogP contribution in [0.4, 0.5) is 0 Å². The Kier molecular flexibility index (Phi) is 4.25. The van der Waals surface area contributed by atoms with Gasteiger partial charge in [-0.05, 0) is 40.6 Å². The van der Waals surface area contributed by atoms with E-state index in [0.29, 0.717) is 21.5 Å². The van der Waals surface area contributed by atoms with Crippen molar-refractivity contribution in [2.75, 3.05) is 0 Å². The number of rotatable bonds is 2. The topological polar surface area (TPSA) is 69.0 Å². The first-order valence-corrected chi connectivity index (χ1v) is 11.3. The summed E-state index contributed by atoms with van der Waals surface area (Å²) in [5, 5.41) is 1.80. The zero-order valence-corrected chi connectivity index (χ0v) is 18.3. The van der Waals surface area contributed by atoms with Gasteiger partial charge in [0.05, 0.1) is 11.1 Å². The van der Waals surface area contributed by atoms with Crippen LogP contribution >= 0.6 is 11.3 Å². The van der Waals surface area contributed by atoms with Crippen LogP contribution in [0.25, 0.3) is 37.6 Å². The number of carbonyl (C=O) groups excluding carboxylic acids is 3. The molecule has 33 heavy (non-hydrogen) atoms. The summed E-state index contributed by atoms with van der Waals surface area (Å²) in [6.45, 7) is 1.45. The number of Topliss-reactive ketones (excluding diaryl/α,β-unsaturated/α-hetero) is 2. The van der Waals surface area contributed by atoms with Gasteiger partial charge in [0.2, 0.25) is 5.91 Å². The van der Waals surface area contributed by atoms with Crippen molar-refractivity contribution in [2.24, 2.45) is 0 Å². The summed E-state index contributed by atoms with van der Waals surface area (Å²) in [6.07, 6.45) is 1.45. The van der Waals surface area contributed by atoms with Crippen molar-refractivity contribution in [2.45, 2.75) is 6.92 Å². The van der Waals surface area contributed by atoms with Crippen LogP contribution in [-0.2, 0) is 0 Å². The highest BCUT2D eigenvalue weighted by atomic mass is 32.1. The third kappa shape index (κ3) is 2.99. The maximum atomic E-state index is 13.1. The Bertz CT molecular complexity index is 1620. The molecule has 1 aliphatic rings. The molecule has 0 amide bonds. The molecule has 0 fully saturated rings.